The summed E-state index contributed by atoms with van der Waals surface area (Å²) in [4.78, 5) is 16.0. The van der Waals surface area contributed by atoms with Crippen molar-refractivity contribution in [3.05, 3.63) is 27.8 Å². The molecule has 0 fully saturated rings. The zero-order chi connectivity index (χ0) is 12.4. The van der Waals surface area contributed by atoms with Gasteiger partial charge in [0.2, 0.25) is 5.91 Å². The molecular weight excluding hydrogens is 236 g/mol. The van der Waals surface area contributed by atoms with E-state index in [0.29, 0.717) is 12.2 Å². The number of carbonyl (C=O) groups is 1. The molecule has 0 saturated heterocycles. The van der Waals surface area contributed by atoms with Gasteiger partial charge in [-0.3, -0.25) is 9.48 Å². The second-order valence-electron chi connectivity index (χ2n) is 3.88. The molecule has 0 aromatic carbocycles. The number of anilines is 1. The normalized spacial score (nSPS) is 10.5. The van der Waals surface area contributed by atoms with Crippen LogP contribution in [0.4, 0.5) is 5.82 Å². The summed E-state index contributed by atoms with van der Waals surface area (Å²) in [5, 5.41) is 9.86. The SMILES string of the molecule is Cc1cc(NC(=O)Cc2csc(C)n2)n(C)n1. The third kappa shape index (κ3) is 2.91. The van der Waals surface area contributed by atoms with Gasteiger partial charge in [-0.25, -0.2) is 4.98 Å². The van der Waals surface area contributed by atoms with Gasteiger partial charge in [0.1, 0.15) is 5.82 Å². The number of nitrogens with one attached hydrogen (secondary N) is 1. The Balaban J connectivity index is 2.00. The highest BCUT2D eigenvalue weighted by Gasteiger charge is 2.09. The first-order chi connectivity index (χ1) is 8.04. The second-order valence-corrected chi connectivity index (χ2v) is 4.94. The van der Waals surface area contributed by atoms with Crippen LogP contribution < -0.4 is 5.32 Å². The van der Waals surface area contributed by atoms with Crippen molar-refractivity contribution in [2.45, 2.75) is 20.3 Å². The van der Waals surface area contributed by atoms with E-state index in [4.69, 9.17) is 0 Å². The van der Waals surface area contributed by atoms with E-state index in [1.807, 2.05) is 25.3 Å². The average Bonchev–Trinajstić information content (AvgIpc) is 2.74. The topological polar surface area (TPSA) is 59.8 Å². The molecule has 6 heteroatoms. The van der Waals surface area contributed by atoms with E-state index < -0.39 is 0 Å². The standard InChI is InChI=1S/C11H14N4OS/c1-7-4-10(15(3)14-7)13-11(16)5-9-6-17-8(2)12-9/h4,6H,5H2,1-3H3,(H,13,16). The van der Waals surface area contributed by atoms with Crippen LogP contribution in [0.1, 0.15) is 16.4 Å². The fourth-order valence-electron chi connectivity index (χ4n) is 1.57. The number of hydrogen-bond donors (Lipinski definition) is 1. The van der Waals surface area contributed by atoms with Gasteiger partial charge in [0, 0.05) is 18.5 Å². The lowest BCUT2D eigenvalue weighted by molar-refractivity contribution is -0.115. The van der Waals surface area contributed by atoms with Crippen molar-refractivity contribution in [3.63, 3.8) is 0 Å². The molecule has 0 unspecified atom stereocenters. The Morgan fingerprint density at radius 1 is 1.53 bits per heavy atom. The highest BCUT2D eigenvalue weighted by Crippen LogP contribution is 2.11. The molecule has 0 atom stereocenters. The first-order valence-corrected chi connectivity index (χ1v) is 6.14. The molecule has 0 saturated carbocycles. The van der Waals surface area contributed by atoms with Gasteiger partial charge in [-0.2, -0.15) is 5.10 Å². The Morgan fingerprint density at radius 3 is 2.82 bits per heavy atom. The zero-order valence-electron chi connectivity index (χ0n) is 10.0. The quantitative estimate of drug-likeness (QED) is 0.901. The third-order valence-electron chi connectivity index (χ3n) is 2.28. The van der Waals surface area contributed by atoms with Crippen LogP contribution in [0.25, 0.3) is 0 Å². The number of hydrogen-bond acceptors (Lipinski definition) is 4. The van der Waals surface area contributed by atoms with Crippen molar-refractivity contribution in [1.29, 1.82) is 0 Å². The predicted octanol–water partition coefficient (Wildman–Crippen LogP) is 1.67. The maximum atomic E-state index is 11.8. The molecule has 1 N–H and O–H groups in total. The minimum atomic E-state index is -0.0710. The molecule has 2 heterocycles. The predicted molar refractivity (Wildman–Crippen MR) is 67.1 cm³/mol. The van der Waals surface area contributed by atoms with Crippen LogP contribution in [0, 0.1) is 13.8 Å². The largest absolute Gasteiger partial charge is 0.311 e. The van der Waals surface area contributed by atoms with Crippen LogP contribution in [0.2, 0.25) is 0 Å². The average molecular weight is 250 g/mol. The minimum absolute atomic E-state index is 0.0710. The van der Waals surface area contributed by atoms with E-state index in [9.17, 15) is 4.79 Å². The first kappa shape index (κ1) is 11.8. The summed E-state index contributed by atoms with van der Waals surface area (Å²) >= 11 is 1.55. The Hall–Kier alpha value is -1.69. The molecule has 2 aromatic rings. The summed E-state index contributed by atoms with van der Waals surface area (Å²) in [5.74, 6) is 0.637. The molecule has 1 amide bonds. The summed E-state index contributed by atoms with van der Waals surface area (Å²) in [5.41, 5.74) is 1.69. The van der Waals surface area contributed by atoms with Crippen molar-refractivity contribution in [2.75, 3.05) is 5.32 Å². The van der Waals surface area contributed by atoms with E-state index >= 15 is 0 Å². The molecule has 0 bridgehead atoms. The summed E-state index contributed by atoms with van der Waals surface area (Å²) in [6.45, 7) is 3.82. The van der Waals surface area contributed by atoms with Crippen molar-refractivity contribution in [3.8, 4) is 0 Å². The molecule has 0 aliphatic heterocycles. The number of thiazole rings is 1. The lowest BCUT2D eigenvalue weighted by Gasteiger charge is -2.03. The van der Waals surface area contributed by atoms with Crippen molar-refractivity contribution in [1.82, 2.24) is 14.8 Å². The zero-order valence-corrected chi connectivity index (χ0v) is 10.8. The number of aromatic nitrogens is 3. The van der Waals surface area contributed by atoms with Crippen LogP contribution >= 0.6 is 11.3 Å². The Bertz CT molecular complexity index is 543. The maximum absolute atomic E-state index is 11.8. The number of aryl methyl sites for hydroxylation is 3. The summed E-state index contributed by atoms with van der Waals surface area (Å²) < 4.78 is 1.65. The fraction of sp³-hybridized carbons (Fsp3) is 0.364. The van der Waals surface area contributed by atoms with Gasteiger partial charge in [0.15, 0.2) is 0 Å². The van der Waals surface area contributed by atoms with Gasteiger partial charge < -0.3 is 5.32 Å². The Morgan fingerprint density at radius 2 is 2.29 bits per heavy atom. The summed E-state index contributed by atoms with van der Waals surface area (Å²) in [6, 6.07) is 1.84. The number of rotatable bonds is 3. The highest BCUT2D eigenvalue weighted by atomic mass is 32.1. The van der Waals surface area contributed by atoms with Crippen LogP contribution in [0.3, 0.4) is 0 Å². The van der Waals surface area contributed by atoms with Crippen molar-refractivity contribution in [2.24, 2.45) is 7.05 Å². The molecule has 17 heavy (non-hydrogen) atoms. The number of carbonyl (C=O) groups excluding carboxylic acids is 1. The van der Waals surface area contributed by atoms with Crippen molar-refractivity contribution >= 4 is 23.1 Å². The monoisotopic (exact) mass is 250 g/mol. The molecule has 2 aromatic heterocycles. The summed E-state index contributed by atoms with van der Waals surface area (Å²) in [6.07, 6.45) is 0.300. The van der Waals surface area contributed by atoms with E-state index in [0.717, 1.165) is 16.4 Å². The van der Waals surface area contributed by atoms with E-state index in [-0.39, 0.29) is 5.91 Å². The Kier molecular flexibility index (Phi) is 3.23. The summed E-state index contributed by atoms with van der Waals surface area (Å²) in [7, 11) is 1.80. The van der Waals surface area contributed by atoms with Gasteiger partial charge in [-0.15, -0.1) is 11.3 Å². The molecule has 5 nitrogen and oxygen atoms in total. The Labute approximate surface area is 103 Å². The van der Waals surface area contributed by atoms with Crippen LogP contribution in [-0.4, -0.2) is 20.7 Å². The van der Waals surface area contributed by atoms with Crippen molar-refractivity contribution < 1.29 is 4.79 Å². The van der Waals surface area contributed by atoms with Gasteiger partial charge in [0.05, 0.1) is 22.8 Å². The van der Waals surface area contributed by atoms with Crippen LogP contribution in [0.5, 0.6) is 0 Å². The fourth-order valence-corrected chi connectivity index (χ4v) is 2.18. The number of amides is 1. The second kappa shape index (κ2) is 4.67. The van der Waals surface area contributed by atoms with Gasteiger partial charge in [-0.05, 0) is 13.8 Å². The smallest absolute Gasteiger partial charge is 0.231 e. The first-order valence-electron chi connectivity index (χ1n) is 5.26. The van der Waals surface area contributed by atoms with Crippen LogP contribution in [0.15, 0.2) is 11.4 Å². The molecule has 0 aliphatic carbocycles. The van der Waals surface area contributed by atoms with E-state index in [1.54, 1.807) is 23.1 Å². The van der Waals surface area contributed by atoms with E-state index in [1.165, 1.54) is 0 Å². The molecule has 0 radical (unpaired) electrons. The minimum Gasteiger partial charge on any atom is -0.311 e. The van der Waals surface area contributed by atoms with E-state index in [2.05, 4.69) is 15.4 Å². The molecular formula is C11H14N4OS. The highest BCUT2D eigenvalue weighted by molar-refractivity contribution is 7.09. The molecule has 90 valence electrons. The van der Waals surface area contributed by atoms with Crippen LogP contribution in [-0.2, 0) is 18.3 Å². The van der Waals surface area contributed by atoms with Gasteiger partial charge >= 0.3 is 0 Å². The molecule has 0 aliphatic rings. The number of nitrogens with zero attached hydrogens (tertiary/aromatic N) is 3. The maximum Gasteiger partial charge on any atom is 0.231 e. The lowest BCUT2D eigenvalue weighted by atomic mass is 10.3. The third-order valence-corrected chi connectivity index (χ3v) is 3.10. The lowest BCUT2D eigenvalue weighted by Crippen LogP contribution is -2.16. The molecule has 2 rings (SSSR count). The molecule has 0 spiro atoms. The van der Waals surface area contributed by atoms with Gasteiger partial charge in [0.25, 0.3) is 0 Å². The van der Waals surface area contributed by atoms with Gasteiger partial charge in [-0.1, -0.05) is 0 Å².